The molecule has 3 aromatic rings. The number of hydrogen-bond acceptors (Lipinski definition) is 4. The Hall–Kier alpha value is -3.07. The largest absolute Gasteiger partial charge is 0.354 e. The summed E-state index contributed by atoms with van der Waals surface area (Å²) in [6, 6.07) is 18.9. The first-order valence-electron chi connectivity index (χ1n) is 13.2. The summed E-state index contributed by atoms with van der Waals surface area (Å²) >= 11 is 12.5. The molecule has 0 bridgehead atoms. The Balaban J connectivity index is 2.04. The van der Waals surface area contributed by atoms with Gasteiger partial charge in [0.25, 0.3) is 10.0 Å². The minimum Gasteiger partial charge on any atom is -0.354 e. The lowest BCUT2D eigenvalue weighted by molar-refractivity contribution is -0.140. The van der Waals surface area contributed by atoms with Gasteiger partial charge in [0.15, 0.2) is 0 Å². The third kappa shape index (κ3) is 7.99. The fourth-order valence-electron chi connectivity index (χ4n) is 4.21. The van der Waals surface area contributed by atoms with Crippen molar-refractivity contribution in [2.75, 3.05) is 17.4 Å². The van der Waals surface area contributed by atoms with Gasteiger partial charge < -0.3 is 10.2 Å². The normalized spacial score (nSPS) is 12.0. The number of halogens is 2. The van der Waals surface area contributed by atoms with Crippen LogP contribution in [0.5, 0.6) is 0 Å². The molecule has 1 N–H and O–H groups in total. The molecule has 0 fully saturated rings. The molecular formula is C30H35Cl2N3O4S. The molecule has 10 heteroatoms. The monoisotopic (exact) mass is 603 g/mol. The maximum Gasteiger partial charge on any atom is 0.264 e. The van der Waals surface area contributed by atoms with Gasteiger partial charge in [0.1, 0.15) is 12.6 Å². The van der Waals surface area contributed by atoms with E-state index in [4.69, 9.17) is 23.2 Å². The Labute approximate surface area is 247 Å². The Morgan fingerprint density at radius 2 is 1.57 bits per heavy atom. The van der Waals surface area contributed by atoms with Gasteiger partial charge in [-0.3, -0.25) is 13.9 Å². The fourth-order valence-corrected chi connectivity index (χ4v) is 5.95. The van der Waals surface area contributed by atoms with Gasteiger partial charge in [-0.1, -0.05) is 79.4 Å². The SMILES string of the molecule is CCCCNC(=O)[C@@H](CC)N(Cc1ccccc1Cl)C(=O)CN(c1ccc(Cl)cc1)S(=O)(=O)c1ccc(C)cc1. The predicted octanol–water partition coefficient (Wildman–Crippen LogP) is 6.22. The molecule has 1 atom stereocenters. The van der Waals surface area contributed by atoms with E-state index in [1.54, 1.807) is 60.7 Å². The van der Waals surface area contributed by atoms with Crippen molar-refractivity contribution in [2.45, 2.75) is 57.5 Å². The molecule has 0 unspecified atom stereocenters. The molecule has 3 rings (SSSR count). The number of carbonyl (C=O) groups is 2. The van der Waals surface area contributed by atoms with E-state index in [2.05, 4.69) is 5.32 Å². The highest BCUT2D eigenvalue weighted by Crippen LogP contribution is 2.27. The molecule has 0 aliphatic rings. The molecule has 214 valence electrons. The average molecular weight is 605 g/mol. The predicted molar refractivity (Wildman–Crippen MR) is 161 cm³/mol. The van der Waals surface area contributed by atoms with E-state index in [-0.39, 0.29) is 23.0 Å². The number of rotatable bonds is 13. The second-order valence-corrected chi connectivity index (χ2v) is 12.2. The molecule has 0 saturated carbocycles. The first-order chi connectivity index (χ1) is 19.1. The third-order valence-corrected chi connectivity index (χ3v) is 8.93. The van der Waals surface area contributed by atoms with Crippen LogP contribution in [0.4, 0.5) is 5.69 Å². The highest BCUT2D eigenvalue weighted by atomic mass is 35.5. The zero-order chi connectivity index (χ0) is 29.3. The van der Waals surface area contributed by atoms with E-state index >= 15 is 0 Å². The highest BCUT2D eigenvalue weighted by Gasteiger charge is 2.33. The first kappa shape index (κ1) is 31.5. The van der Waals surface area contributed by atoms with Crippen LogP contribution in [0.25, 0.3) is 0 Å². The summed E-state index contributed by atoms with van der Waals surface area (Å²) in [5.74, 6) is -0.834. The van der Waals surface area contributed by atoms with Crippen LogP contribution in [-0.4, -0.2) is 44.3 Å². The van der Waals surface area contributed by atoms with Crippen molar-refractivity contribution in [3.8, 4) is 0 Å². The summed E-state index contributed by atoms with van der Waals surface area (Å²) in [5, 5.41) is 3.79. The highest BCUT2D eigenvalue weighted by molar-refractivity contribution is 7.92. The van der Waals surface area contributed by atoms with E-state index < -0.39 is 28.5 Å². The number of benzene rings is 3. The fraction of sp³-hybridized carbons (Fsp3) is 0.333. The number of sulfonamides is 1. The second-order valence-electron chi connectivity index (χ2n) is 9.48. The molecule has 0 heterocycles. The lowest BCUT2D eigenvalue weighted by Crippen LogP contribution is -2.52. The summed E-state index contributed by atoms with van der Waals surface area (Å²) < 4.78 is 28.8. The molecule has 0 aromatic heterocycles. The van der Waals surface area contributed by atoms with Gasteiger partial charge in [-0.25, -0.2) is 8.42 Å². The van der Waals surface area contributed by atoms with E-state index in [1.807, 2.05) is 20.8 Å². The Kier molecular flexibility index (Phi) is 11.4. The van der Waals surface area contributed by atoms with E-state index in [0.29, 0.717) is 28.6 Å². The van der Waals surface area contributed by atoms with Crippen molar-refractivity contribution >= 4 is 50.7 Å². The second kappa shape index (κ2) is 14.5. The van der Waals surface area contributed by atoms with Crippen molar-refractivity contribution < 1.29 is 18.0 Å². The zero-order valence-corrected chi connectivity index (χ0v) is 25.3. The lowest BCUT2D eigenvalue weighted by Gasteiger charge is -2.33. The number of aryl methyl sites for hydroxylation is 1. The molecule has 0 aliphatic carbocycles. The van der Waals surface area contributed by atoms with Crippen LogP contribution in [0.1, 0.15) is 44.2 Å². The molecule has 0 saturated heterocycles. The summed E-state index contributed by atoms with van der Waals surface area (Å²) in [6.45, 7) is 5.70. The van der Waals surface area contributed by atoms with Gasteiger partial charge in [-0.05, 0) is 67.8 Å². The maximum atomic E-state index is 14.0. The van der Waals surface area contributed by atoms with Gasteiger partial charge in [-0.15, -0.1) is 0 Å². The van der Waals surface area contributed by atoms with E-state index in [1.165, 1.54) is 17.0 Å². The summed E-state index contributed by atoms with van der Waals surface area (Å²) in [4.78, 5) is 28.7. The van der Waals surface area contributed by atoms with Gasteiger partial charge >= 0.3 is 0 Å². The minimum atomic E-state index is -4.15. The Morgan fingerprint density at radius 3 is 2.17 bits per heavy atom. The number of unbranched alkanes of at least 4 members (excludes halogenated alkanes) is 1. The molecule has 0 aliphatic heterocycles. The Bertz CT molecular complexity index is 1400. The quantitative estimate of drug-likeness (QED) is 0.235. The molecule has 0 spiro atoms. The molecule has 0 radical (unpaired) electrons. The van der Waals surface area contributed by atoms with Gasteiger partial charge in [0.05, 0.1) is 10.6 Å². The van der Waals surface area contributed by atoms with Crippen LogP contribution in [-0.2, 0) is 26.2 Å². The van der Waals surface area contributed by atoms with Gasteiger partial charge in [-0.2, -0.15) is 0 Å². The van der Waals surface area contributed by atoms with Crippen LogP contribution >= 0.6 is 23.2 Å². The van der Waals surface area contributed by atoms with Crippen LogP contribution in [0.15, 0.2) is 77.7 Å². The number of nitrogens with zero attached hydrogens (tertiary/aromatic N) is 2. The van der Waals surface area contributed by atoms with Crippen molar-refractivity contribution in [2.24, 2.45) is 0 Å². The van der Waals surface area contributed by atoms with Crippen LogP contribution < -0.4 is 9.62 Å². The van der Waals surface area contributed by atoms with Gasteiger partial charge in [0, 0.05) is 23.1 Å². The van der Waals surface area contributed by atoms with E-state index in [9.17, 15) is 18.0 Å². The average Bonchev–Trinajstić information content (AvgIpc) is 2.93. The van der Waals surface area contributed by atoms with Crippen LogP contribution in [0, 0.1) is 6.92 Å². The van der Waals surface area contributed by atoms with Crippen molar-refractivity contribution in [3.05, 3.63) is 94.0 Å². The first-order valence-corrected chi connectivity index (χ1v) is 15.4. The smallest absolute Gasteiger partial charge is 0.264 e. The maximum absolute atomic E-state index is 14.0. The molecule has 2 amide bonds. The minimum absolute atomic E-state index is 0.0389. The van der Waals surface area contributed by atoms with Crippen LogP contribution in [0.3, 0.4) is 0 Å². The summed E-state index contributed by atoms with van der Waals surface area (Å²) in [6.07, 6.45) is 2.05. The summed E-state index contributed by atoms with van der Waals surface area (Å²) in [5.41, 5.74) is 1.83. The van der Waals surface area contributed by atoms with Gasteiger partial charge in [0.2, 0.25) is 11.8 Å². The lowest BCUT2D eigenvalue weighted by atomic mass is 10.1. The van der Waals surface area contributed by atoms with Crippen LogP contribution in [0.2, 0.25) is 10.0 Å². The number of amides is 2. The molecule has 3 aromatic carbocycles. The number of anilines is 1. The zero-order valence-electron chi connectivity index (χ0n) is 22.9. The number of hydrogen-bond donors (Lipinski definition) is 1. The topological polar surface area (TPSA) is 86.8 Å². The van der Waals surface area contributed by atoms with E-state index in [0.717, 1.165) is 22.7 Å². The third-order valence-electron chi connectivity index (χ3n) is 6.52. The number of nitrogens with one attached hydrogen (secondary N) is 1. The molecular weight excluding hydrogens is 569 g/mol. The van der Waals surface area contributed by atoms with Crippen molar-refractivity contribution in [3.63, 3.8) is 0 Å². The Morgan fingerprint density at radius 1 is 0.925 bits per heavy atom. The van der Waals surface area contributed by atoms with Crippen molar-refractivity contribution in [1.82, 2.24) is 10.2 Å². The standard InChI is InChI=1S/C30H35Cl2N3O4S/c1-4-6-19-33-30(37)28(5-2)34(20-23-9-7-8-10-27(23)32)29(36)21-35(25-15-13-24(31)14-16-25)40(38,39)26-17-11-22(3)12-18-26/h7-18,28H,4-6,19-21H2,1-3H3,(H,33,37)/t28-/m1/s1. The number of carbonyl (C=O) groups excluding carboxylic acids is 2. The van der Waals surface area contributed by atoms with Crippen molar-refractivity contribution in [1.29, 1.82) is 0 Å². The molecule has 40 heavy (non-hydrogen) atoms. The molecule has 7 nitrogen and oxygen atoms in total. The summed E-state index contributed by atoms with van der Waals surface area (Å²) in [7, 11) is -4.15.